The van der Waals surface area contributed by atoms with Crippen molar-refractivity contribution in [3.05, 3.63) is 66.4 Å². The van der Waals surface area contributed by atoms with Crippen molar-refractivity contribution in [2.24, 2.45) is 0 Å². The van der Waals surface area contributed by atoms with Crippen molar-refractivity contribution in [1.29, 1.82) is 0 Å². The lowest BCUT2D eigenvalue weighted by Crippen LogP contribution is -2.11. The zero-order chi connectivity index (χ0) is 20.0. The number of nitrogens with zero attached hydrogens (tertiary/aromatic N) is 2. The van der Waals surface area contributed by atoms with Crippen LogP contribution in [0, 0.1) is 0 Å². The van der Waals surface area contributed by atoms with Gasteiger partial charge in [0.05, 0.1) is 6.61 Å². The maximum Gasteiger partial charge on any atom is 0.423 e. The lowest BCUT2D eigenvalue weighted by Gasteiger charge is -2.14. The molecule has 0 aliphatic carbocycles. The molecule has 0 atom stereocenters. The van der Waals surface area contributed by atoms with E-state index in [1.165, 1.54) is 0 Å². The van der Waals surface area contributed by atoms with E-state index in [1.807, 2.05) is 6.92 Å². The van der Waals surface area contributed by atoms with Gasteiger partial charge < -0.3 is 14.8 Å². The molecular weight excluding hydrogens is 371 g/mol. The number of para-hydroxylation sites is 1. The van der Waals surface area contributed by atoms with Crippen LogP contribution in [0.15, 0.2) is 60.8 Å². The Balaban J connectivity index is 1.83. The normalized spacial score (nSPS) is 11.1. The third kappa shape index (κ3) is 5.12. The minimum Gasteiger partial charge on any atom is -0.494 e. The number of nitrogens with one attached hydrogen (secondary N) is 1. The number of rotatable bonds is 7. The summed E-state index contributed by atoms with van der Waals surface area (Å²) in [6.45, 7) is 2.61. The molecule has 0 aliphatic rings. The largest absolute Gasteiger partial charge is 0.494 e. The van der Waals surface area contributed by atoms with E-state index in [-0.39, 0.29) is 11.7 Å². The van der Waals surface area contributed by atoms with E-state index < -0.39 is 17.6 Å². The summed E-state index contributed by atoms with van der Waals surface area (Å²) in [7, 11) is 0. The van der Waals surface area contributed by atoms with Crippen LogP contribution in [0.25, 0.3) is 0 Å². The fourth-order valence-corrected chi connectivity index (χ4v) is 2.28. The molecule has 0 aliphatic heterocycles. The number of aromatic nitrogens is 2. The molecule has 8 heteroatoms. The Labute approximate surface area is 160 Å². The molecule has 0 spiro atoms. The van der Waals surface area contributed by atoms with E-state index >= 15 is 0 Å². The first-order valence-corrected chi connectivity index (χ1v) is 8.62. The molecule has 0 unspecified atom stereocenters. The monoisotopic (exact) mass is 389 g/mol. The van der Waals surface area contributed by atoms with Crippen molar-refractivity contribution >= 4 is 11.6 Å². The molecule has 1 N–H and O–H groups in total. The summed E-state index contributed by atoms with van der Waals surface area (Å²) in [5.41, 5.74) is -0.445. The summed E-state index contributed by atoms with van der Waals surface area (Å²) in [6, 6.07) is 15.1. The van der Waals surface area contributed by atoms with Gasteiger partial charge in [0, 0.05) is 11.9 Å². The Morgan fingerprint density at radius 3 is 2.32 bits per heavy atom. The van der Waals surface area contributed by atoms with Crippen LogP contribution in [0.2, 0.25) is 0 Å². The molecule has 1 aromatic heterocycles. The minimum absolute atomic E-state index is 0.0128. The van der Waals surface area contributed by atoms with Gasteiger partial charge in [0.15, 0.2) is 0 Å². The number of ether oxygens (including phenoxy) is 2. The van der Waals surface area contributed by atoms with Gasteiger partial charge in [-0.15, -0.1) is 0 Å². The number of hydrogen-bond acceptors (Lipinski definition) is 5. The predicted octanol–water partition coefficient (Wildman–Crippen LogP) is 5.82. The summed E-state index contributed by atoms with van der Waals surface area (Å²) < 4.78 is 50.6. The van der Waals surface area contributed by atoms with Crippen LogP contribution in [-0.4, -0.2) is 16.6 Å². The molecule has 28 heavy (non-hydrogen) atoms. The first-order valence-electron chi connectivity index (χ1n) is 8.62. The Kier molecular flexibility index (Phi) is 5.98. The fourth-order valence-electron chi connectivity index (χ4n) is 2.28. The highest BCUT2D eigenvalue weighted by Crippen LogP contribution is 2.37. The van der Waals surface area contributed by atoms with Crippen molar-refractivity contribution in [3.8, 4) is 17.4 Å². The molecule has 3 aromatic rings. The van der Waals surface area contributed by atoms with Gasteiger partial charge in [-0.1, -0.05) is 25.1 Å². The van der Waals surface area contributed by atoms with Crippen LogP contribution in [-0.2, 0) is 6.18 Å². The zero-order valence-corrected chi connectivity index (χ0v) is 15.0. The second kappa shape index (κ2) is 8.60. The lowest BCUT2D eigenvalue weighted by atomic mass is 10.3. The standard InChI is InChI=1S/C20H18F3N3O2/c1-2-12-27-15-10-8-14(9-11-15)25-19-24-13-17(20(21,22)23)18(26-19)28-16-6-4-3-5-7-16/h3-11,13H,2,12H2,1H3,(H,24,25,26). The van der Waals surface area contributed by atoms with Gasteiger partial charge in [-0.2, -0.15) is 18.2 Å². The SMILES string of the molecule is CCCOc1ccc(Nc2ncc(C(F)(F)F)c(Oc3ccccc3)n2)cc1. The molecule has 0 saturated carbocycles. The van der Waals surface area contributed by atoms with Crippen molar-refractivity contribution in [3.63, 3.8) is 0 Å². The number of halogens is 3. The molecule has 3 rings (SSSR count). The van der Waals surface area contributed by atoms with Crippen LogP contribution < -0.4 is 14.8 Å². The van der Waals surface area contributed by atoms with Crippen molar-refractivity contribution in [1.82, 2.24) is 9.97 Å². The van der Waals surface area contributed by atoms with Gasteiger partial charge in [-0.25, -0.2) is 4.98 Å². The lowest BCUT2D eigenvalue weighted by molar-refractivity contribution is -0.139. The smallest absolute Gasteiger partial charge is 0.423 e. The third-order valence-electron chi connectivity index (χ3n) is 3.60. The van der Waals surface area contributed by atoms with E-state index in [0.717, 1.165) is 6.42 Å². The summed E-state index contributed by atoms with van der Waals surface area (Å²) in [5, 5.41) is 2.87. The summed E-state index contributed by atoms with van der Waals surface area (Å²) in [5.74, 6) is 0.365. The fraction of sp³-hybridized carbons (Fsp3) is 0.200. The molecule has 0 fully saturated rings. The number of alkyl halides is 3. The molecule has 2 aromatic carbocycles. The van der Waals surface area contributed by atoms with Crippen molar-refractivity contribution < 1.29 is 22.6 Å². The van der Waals surface area contributed by atoms with Gasteiger partial charge in [0.1, 0.15) is 17.1 Å². The third-order valence-corrected chi connectivity index (χ3v) is 3.60. The average Bonchev–Trinajstić information content (AvgIpc) is 2.67. The average molecular weight is 389 g/mol. The van der Waals surface area contributed by atoms with Gasteiger partial charge in [-0.05, 0) is 42.8 Å². The second-order valence-corrected chi connectivity index (χ2v) is 5.82. The van der Waals surface area contributed by atoms with Crippen LogP contribution in [0.1, 0.15) is 18.9 Å². The molecule has 0 amide bonds. The van der Waals surface area contributed by atoms with E-state index in [1.54, 1.807) is 54.6 Å². The number of hydrogen-bond donors (Lipinski definition) is 1. The van der Waals surface area contributed by atoms with Crippen molar-refractivity contribution in [2.45, 2.75) is 19.5 Å². The van der Waals surface area contributed by atoms with E-state index in [2.05, 4.69) is 15.3 Å². The second-order valence-electron chi connectivity index (χ2n) is 5.82. The van der Waals surface area contributed by atoms with Gasteiger partial charge in [-0.3, -0.25) is 0 Å². The van der Waals surface area contributed by atoms with Gasteiger partial charge >= 0.3 is 6.18 Å². The van der Waals surface area contributed by atoms with Gasteiger partial charge in [0.2, 0.25) is 11.8 Å². The van der Waals surface area contributed by atoms with Crippen molar-refractivity contribution in [2.75, 3.05) is 11.9 Å². The number of benzene rings is 2. The predicted molar refractivity (Wildman–Crippen MR) is 99.1 cm³/mol. The molecule has 1 heterocycles. The highest BCUT2D eigenvalue weighted by Gasteiger charge is 2.36. The molecule has 0 radical (unpaired) electrons. The summed E-state index contributed by atoms with van der Waals surface area (Å²) in [6.07, 6.45) is -3.04. The van der Waals surface area contributed by atoms with Crippen LogP contribution in [0.4, 0.5) is 24.8 Å². The Morgan fingerprint density at radius 1 is 0.964 bits per heavy atom. The quantitative estimate of drug-likeness (QED) is 0.552. The highest BCUT2D eigenvalue weighted by molar-refractivity contribution is 5.55. The van der Waals surface area contributed by atoms with Gasteiger partial charge in [0.25, 0.3) is 0 Å². The molecule has 146 valence electrons. The zero-order valence-electron chi connectivity index (χ0n) is 15.0. The first kappa shape index (κ1) is 19.5. The van der Waals surface area contributed by atoms with Crippen LogP contribution in [0.5, 0.6) is 17.4 Å². The molecule has 0 saturated heterocycles. The minimum atomic E-state index is -4.64. The highest BCUT2D eigenvalue weighted by atomic mass is 19.4. The van der Waals surface area contributed by atoms with E-state index in [0.29, 0.717) is 24.2 Å². The van der Waals surface area contributed by atoms with Crippen LogP contribution >= 0.6 is 0 Å². The van der Waals surface area contributed by atoms with E-state index in [4.69, 9.17) is 9.47 Å². The summed E-state index contributed by atoms with van der Waals surface area (Å²) in [4.78, 5) is 7.67. The Hall–Kier alpha value is -3.29. The summed E-state index contributed by atoms with van der Waals surface area (Å²) >= 11 is 0. The van der Waals surface area contributed by atoms with Crippen LogP contribution in [0.3, 0.4) is 0 Å². The Bertz CT molecular complexity index is 901. The first-order chi connectivity index (χ1) is 13.5. The Morgan fingerprint density at radius 2 is 1.68 bits per heavy atom. The topological polar surface area (TPSA) is 56.3 Å². The van der Waals surface area contributed by atoms with E-state index in [9.17, 15) is 13.2 Å². The maximum atomic E-state index is 13.3. The number of anilines is 2. The molecule has 0 bridgehead atoms. The maximum absolute atomic E-state index is 13.3. The molecular formula is C20H18F3N3O2. The molecule has 5 nitrogen and oxygen atoms in total.